The Labute approximate surface area is 182 Å². The zero-order valence-corrected chi connectivity index (χ0v) is 17.2. The fraction of sp³-hybridized carbons (Fsp3) is 0.0769. The van der Waals surface area contributed by atoms with E-state index in [0.717, 1.165) is 29.3 Å². The number of aryl methyl sites for hydroxylation is 1. The first-order valence-electron chi connectivity index (χ1n) is 10.2. The van der Waals surface area contributed by atoms with Crippen molar-refractivity contribution < 1.29 is 13.2 Å². The number of nitrogens with zero attached hydrogens (tertiary/aromatic N) is 3. The summed E-state index contributed by atoms with van der Waals surface area (Å²) in [5.41, 5.74) is 5.17. The molecule has 0 bridgehead atoms. The highest BCUT2D eigenvalue weighted by atomic mass is 19.1. The smallest absolute Gasteiger partial charge is 0.234 e. The Balaban J connectivity index is 1.76. The Morgan fingerprint density at radius 3 is 2.03 bits per heavy atom. The number of imidazole rings is 1. The maximum absolute atomic E-state index is 13.8. The van der Waals surface area contributed by atoms with E-state index in [-0.39, 0.29) is 5.82 Å². The molecular formula is C26H18F3N3. The lowest BCUT2D eigenvalue weighted by Gasteiger charge is -2.08. The highest BCUT2D eigenvalue weighted by molar-refractivity contribution is 5.82. The Kier molecular flexibility index (Phi) is 4.98. The molecule has 0 saturated heterocycles. The lowest BCUT2D eigenvalue weighted by Crippen LogP contribution is -1.94. The highest BCUT2D eigenvalue weighted by Gasteiger charge is 2.18. The van der Waals surface area contributed by atoms with Gasteiger partial charge in [0, 0.05) is 35.2 Å². The molecule has 0 N–H and O–H groups in total. The number of fused-ring (bicyclic) bond motifs is 1. The van der Waals surface area contributed by atoms with E-state index in [1.807, 2.05) is 24.3 Å². The predicted octanol–water partition coefficient (Wildman–Crippen LogP) is 6.71. The molecule has 0 spiro atoms. The third-order valence-electron chi connectivity index (χ3n) is 5.43. The van der Waals surface area contributed by atoms with Crippen molar-refractivity contribution in [2.24, 2.45) is 0 Å². The summed E-state index contributed by atoms with van der Waals surface area (Å²) in [4.78, 5) is 9.12. The summed E-state index contributed by atoms with van der Waals surface area (Å²) in [6, 6.07) is 17.6. The second-order valence-corrected chi connectivity index (χ2v) is 7.54. The second-order valence-electron chi connectivity index (χ2n) is 7.54. The van der Waals surface area contributed by atoms with Crippen molar-refractivity contribution in [1.29, 1.82) is 0 Å². The molecule has 3 aromatic carbocycles. The summed E-state index contributed by atoms with van der Waals surface area (Å²) in [5, 5.41) is 0. The minimum atomic E-state index is -0.659. The topological polar surface area (TPSA) is 30.2 Å². The van der Waals surface area contributed by atoms with E-state index in [4.69, 9.17) is 0 Å². The van der Waals surface area contributed by atoms with Crippen molar-refractivity contribution >= 4 is 5.78 Å². The molecule has 32 heavy (non-hydrogen) atoms. The number of rotatable bonds is 4. The van der Waals surface area contributed by atoms with Gasteiger partial charge in [-0.25, -0.2) is 23.1 Å². The lowest BCUT2D eigenvalue weighted by atomic mass is 10.0. The van der Waals surface area contributed by atoms with E-state index in [1.54, 1.807) is 22.7 Å². The number of hydrogen-bond acceptors (Lipinski definition) is 2. The number of halogens is 3. The third kappa shape index (κ3) is 3.64. The molecule has 0 amide bonds. The van der Waals surface area contributed by atoms with Gasteiger partial charge in [0.2, 0.25) is 5.78 Å². The van der Waals surface area contributed by atoms with Gasteiger partial charge in [-0.15, -0.1) is 0 Å². The summed E-state index contributed by atoms with van der Waals surface area (Å²) in [7, 11) is 0. The standard InChI is InChI=1S/C26H18F3N3/c1-2-16-3-5-18(6-4-16)25-24(17-7-9-21(27)10-8-17)31-26-30-14-20(15-32(25)26)19-11-22(28)13-23(29)12-19/h3-15H,2H2,1H3. The Bertz CT molecular complexity index is 1400. The van der Waals surface area contributed by atoms with Crippen molar-refractivity contribution in [2.75, 3.05) is 0 Å². The Morgan fingerprint density at radius 1 is 0.719 bits per heavy atom. The van der Waals surface area contributed by atoms with Crippen LogP contribution in [0.15, 0.2) is 79.1 Å². The molecule has 0 aliphatic rings. The first kappa shape index (κ1) is 20.0. The van der Waals surface area contributed by atoms with Crippen LogP contribution < -0.4 is 0 Å². The van der Waals surface area contributed by atoms with Crippen molar-refractivity contribution in [2.45, 2.75) is 13.3 Å². The predicted molar refractivity (Wildman–Crippen MR) is 119 cm³/mol. The zero-order chi connectivity index (χ0) is 22.2. The van der Waals surface area contributed by atoms with Crippen molar-refractivity contribution in [3.63, 3.8) is 0 Å². The molecule has 0 aliphatic carbocycles. The Morgan fingerprint density at radius 2 is 1.38 bits per heavy atom. The normalized spacial score (nSPS) is 11.2. The summed E-state index contributed by atoms with van der Waals surface area (Å²) in [6.07, 6.45) is 4.21. The van der Waals surface area contributed by atoms with Gasteiger partial charge in [0.1, 0.15) is 17.5 Å². The minimum absolute atomic E-state index is 0.333. The van der Waals surface area contributed by atoms with E-state index in [1.165, 1.54) is 36.0 Å². The van der Waals surface area contributed by atoms with Crippen LogP contribution in [-0.2, 0) is 6.42 Å². The fourth-order valence-corrected chi connectivity index (χ4v) is 3.79. The molecule has 0 radical (unpaired) electrons. The van der Waals surface area contributed by atoms with Crippen LogP contribution in [0.4, 0.5) is 13.2 Å². The molecule has 5 aromatic rings. The van der Waals surface area contributed by atoms with Crippen LogP contribution in [0, 0.1) is 17.5 Å². The summed E-state index contributed by atoms with van der Waals surface area (Å²) in [6.45, 7) is 2.08. The van der Waals surface area contributed by atoms with E-state index >= 15 is 0 Å². The van der Waals surface area contributed by atoms with Crippen molar-refractivity contribution in [3.8, 4) is 33.6 Å². The lowest BCUT2D eigenvalue weighted by molar-refractivity contribution is 0.584. The first-order valence-corrected chi connectivity index (χ1v) is 10.2. The average Bonchev–Trinajstić information content (AvgIpc) is 3.17. The second kappa shape index (κ2) is 7.96. The monoisotopic (exact) mass is 429 g/mol. The zero-order valence-electron chi connectivity index (χ0n) is 17.2. The summed E-state index contributed by atoms with van der Waals surface area (Å²) >= 11 is 0. The molecule has 158 valence electrons. The van der Waals surface area contributed by atoms with Gasteiger partial charge in [-0.3, -0.25) is 4.40 Å². The van der Waals surface area contributed by atoms with E-state index in [2.05, 4.69) is 16.9 Å². The van der Waals surface area contributed by atoms with Crippen molar-refractivity contribution in [1.82, 2.24) is 14.4 Å². The quantitative estimate of drug-likeness (QED) is 0.318. The van der Waals surface area contributed by atoms with Gasteiger partial charge in [0.25, 0.3) is 0 Å². The van der Waals surface area contributed by atoms with Gasteiger partial charge in [-0.1, -0.05) is 31.2 Å². The molecular weight excluding hydrogens is 411 g/mol. The van der Waals surface area contributed by atoms with E-state index in [0.29, 0.717) is 22.6 Å². The van der Waals surface area contributed by atoms with E-state index < -0.39 is 11.6 Å². The minimum Gasteiger partial charge on any atom is -0.282 e. The molecule has 5 rings (SSSR count). The van der Waals surface area contributed by atoms with Gasteiger partial charge in [0.15, 0.2) is 0 Å². The van der Waals surface area contributed by atoms with Gasteiger partial charge < -0.3 is 0 Å². The molecule has 2 aromatic heterocycles. The third-order valence-corrected chi connectivity index (χ3v) is 5.43. The van der Waals surface area contributed by atoms with Crippen LogP contribution in [0.5, 0.6) is 0 Å². The van der Waals surface area contributed by atoms with E-state index in [9.17, 15) is 13.2 Å². The molecule has 2 heterocycles. The maximum Gasteiger partial charge on any atom is 0.234 e. The molecule has 0 fully saturated rings. The van der Waals surface area contributed by atoms with Crippen LogP contribution in [0.3, 0.4) is 0 Å². The average molecular weight is 429 g/mol. The number of benzene rings is 3. The molecule has 0 unspecified atom stereocenters. The summed E-state index contributed by atoms with van der Waals surface area (Å²) in [5.74, 6) is -1.22. The van der Waals surface area contributed by atoms with Crippen LogP contribution in [0.2, 0.25) is 0 Å². The van der Waals surface area contributed by atoms with Gasteiger partial charge in [-0.2, -0.15) is 0 Å². The van der Waals surface area contributed by atoms with Crippen LogP contribution >= 0.6 is 0 Å². The Hall–Kier alpha value is -3.93. The SMILES string of the molecule is CCc1ccc(-c2c(-c3ccc(F)cc3)nc3ncc(-c4cc(F)cc(F)c4)cn23)cc1. The van der Waals surface area contributed by atoms with Gasteiger partial charge >= 0.3 is 0 Å². The van der Waals surface area contributed by atoms with Gasteiger partial charge in [-0.05, 0) is 53.9 Å². The van der Waals surface area contributed by atoms with Crippen LogP contribution in [0.1, 0.15) is 12.5 Å². The molecule has 0 saturated carbocycles. The maximum atomic E-state index is 13.8. The van der Waals surface area contributed by atoms with Crippen LogP contribution in [0.25, 0.3) is 39.4 Å². The van der Waals surface area contributed by atoms with Gasteiger partial charge in [0.05, 0.1) is 11.4 Å². The first-order chi connectivity index (χ1) is 15.5. The molecule has 0 aliphatic heterocycles. The number of hydrogen-bond donors (Lipinski definition) is 0. The largest absolute Gasteiger partial charge is 0.282 e. The number of aromatic nitrogens is 3. The summed E-state index contributed by atoms with van der Waals surface area (Å²) < 4.78 is 42.9. The molecule has 3 nitrogen and oxygen atoms in total. The molecule has 0 atom stereocenters. The fourth-order valence-electron chi connectivity index (χ4n) is 3.79. The van der Waals surface area contributed by atoms with Crippen LogP contribution in [-0.4, -0.2) is 14.4 Å². The highest BCUT2D eigenvalue weighted by Crippen LogP contribution is 2.34. The van der Waals surface area contributed by atoms with Crippen molar-refractivity contribution in [3.05, 3.63) is 102 Å². The molecule has 6 heteroatoms.